The number of nitrogens with one attached hydrogen (secondary N) is 1. The van der Waals surface area contributed by atoms with Gasteiger partial charge in [-0.3, -0.25) is 4.79 Å². The molecule has 1 aromatic heterocycles. The highest BCUT2D eigenvalue weighted by Crippen LogP contribution is 2.35. The van der Waals surface area contributed by atoms with Crippen LogP contribution in [0.15, 0.2) is 58.0 Å². The molecule has 1 N–H and O–H groups in total. The highest BCUT2D eigenvalue weighted by atomic mass is 32.2. The molecule has 1 amide bonds. The van der Waals surface area contributed by atoms with E-state index in [1.165, 1.54) is 16.0 Å². The highest BCUT2D eigenvalue weighted by Gasteiger charge is 2.22. The smallest absolute Gasteiger partial charge is 0.225 e. The zero-order chi connectivity index (χ0) is 17.2. The number of carbonyl (C=O) groups is 1. The van der Waals surface area contributed by atoms with Crippen molar-refractivity contribution in [1.82, 2.24) is 5.32 Å². The second-order valence-electron chi connectivity index (χ2n) is 6.42. The Morgan fingerprint density at radius 2 is 2.16 bits per heavy atom. The van der Waals surface area contributed by atoms with E-state index in [1.807, 2.05) is 17.8 Å². The minimum Gasteiger partial charge on any atom is -0.464 e. The first-order chi connectivity index (χ1) is 12.2. The van der Waals surface area contributed by atoms with Crippen molar-refractivity contribution in [1.29, 1.82) is 0 Å². The van der Waals surface area contributed by atoms with Crippen molar-refractivity contribution < 1.29 is 9.21 Å². The van der Waals surface area contributed by atoms with Crippen LogP contribution in [-0.2, 0) is 17.6 Å². The summed E-state index contributed by atoms with van der Waals surface area (Å²) < 4.78 is 5.66. The van der Waals surface area contributed by atoms with Crippen molar-refractivity contribution in [2.24, 2.45) is 0 Å². The van der Waals surface area contributed by atoms with Crippen LogP contribution in [0.5, 0.6) is 0 Å². The summed E-state index contributed by atoms with van der Waals surface area (Å²) >= 11 is 1.86. The molecular formula is C21H21NO2S. The SMILES string of the molecule is CCc1ccc2c(CC(=O)NC3CCSc4ccccc43)coc2c1. The van der Waals surface area contributed by atoms with Crippen molar-refractivity contribution >= 4 is 28.6 Å². The molecule has 25 heavy (non-hydrogen) atoms. The Labute approximate surface area is 151 Å². The Hall–Kier alpha value is -2.20. The van der Waals surface area contributed by atoms with Crippen LogP contribution in [0, 0.1) is 0 Å². The summed E-state index contributed by atoms with van der Waals surface area (Å²) in [5.41, 5.74) is 4.29. The average Bonchev–Trinajstić information content (AvgIpc) is 3.04. The molecule has 1 aliphatic heterocycles. The Balaban J connectivity index is 1.50. The summed E-state index contributed by atoms with van der Waals surface area (Å²) in [5, 5.41) is 4.24. The number of carbonyl (C=O) groups excluding carboxylic acids is 1. The van der Waals surface area contributed by atoms with Gasteiger partial charge in [-0.25, -0.2) is 0 Å². The summed E-state index contributed by atoms with van der Waals surface area (Å²) in [6.45, 7) is 2.12. The standard InChI is InChI=1S/C21H21NO2S/c1-2-14-7-8-16-15(13-24-19(16)11-14)12-21(23)22-18-9-10-25-20-6-4-3-5-17(18)20/h3-8,11,13,18H,2,9-10,12H2,1H3,(H,22,23). The molecule has 0 spiro atoms. The van der Waals surface area contributed by atoms with Gasteiger partial charge in [-0.1, -0.05) is 37.3 Å². The fraction of sp³-hybridized carbons (Fsp3) is 0.286. The van der Waals surface area contributed by atoms with Crippen LogP contribution in [0.4, 0.5) is 0 Å². The van der Waals surface area contributed by atoms with Crippen LogP contribution in [0.25, 0.3) is 11.0 Å². The molecule has 0 saturated heterocycles. The van der Waals surface area contributed by atoms with Gasteiger partial charge in [-0.05, 0) is 36.1 Å². The Kier molecular flexibility index (Phi) is 4.53. The van der Waals surface area contributed by atoms with Gasteiger partial charge in [-0.2, -0.15) is 0 Å². The molecule has 3 aromatic rings. The summed E-state index contributed by atoms with van der Waals surface area (Å²) in [6, 6.07) is 14.7. The van der Waals surface area contributed by atoms with E-state index >= 15 is 0 Å². The molecule has 1 aliphatic rings. The lowest BCUT2D eigenvalue weighted by Gasteiger charge is -2.25. The van der Waals surface area contributed by atoms with E-state index in [9.17, 15) is 4.79 Å². The summed E-state index contributed by atoms with van der Waals surface area (Å²) in [5.74, 6) is 1.09. The zero-order valence-corrected chi connectivity index (χ0v) is 15.1. The second-order valence-corrected chi connectivity index (χ2v) is 7.55. The predicted molar refractivity (Wildman–Crippen MR) is 102 cm³/mol. The van der Waals surface area contributed by atoms with E-state index in [4.69, 9.17) is 4.42 Å². The number of amides is 1. The van der Waals surface area contributed by atoms with Gasteiger partial charge >= 0.3 is 0 Å². The van der Waals surface area contributed by atoms with Gasteiger partial charge in [0.25, 0.3) is 0 Å². The van der Waals surface area contributed by atoms with Gasteiger partial charge in [0.1, 0.15) is 5.58 Å². The molecule has 0 aliphatic carbocycles. The molecule has 1 atom stereocenters. The molecule has 1 unspecified atom stereocenters. The van der Waals surface area contributed by atoms with Gasteiger partial charge in [0.2, 0.25) is 5.91 Å². The number of fused-ring (bicyclic) bond motifs is 2. The van der Waals surface area contributed by atoms with Crippen LogP contribution in [0.3, 0.4) is 0 Å². The van der Waals surface area contributed by atoms with Gasteiger partial charge in [0, 0.05) is 21.6 Å². The first kappa shape index (κ1) is 16.3. The largest absolute Gasteiger partial charge is 0.464 e. The first-order valence-electron chi connectivity index (χ1n) is 8.74. The summed E-state index contributed by atoms with van der Waals surface area (Å²) in [7, 11) is 0. The lowest BCUT2D eigenvalue weighted by molar-refractivity contribution is -0.121. The Bertz CT molecular complexity index is 915. The van der Waals surface area contributed by atoms with Crippen molar-refractivity contribution in [2.45, 2.75) is 37.1 Å². The van der Waals surface area contributed by atoms with Gasteiger partial charge in [-0.15, -0.1) is 11.8 Å². The van der Waals surface area contributed by atoms with E-state index in [2.05, 4.69) is 48.6 Å². The number of rotatable bonds is 4. The predicted octanol–water partition coefficient (Wildman–Crippen LogP) is 4.89. The third kappa shape index (κ3) is 3.31. The lowest BCUT2D eigenvalue weighted by atomic mass is 10.0. The van der Waals surface area contributed by atoms with Crippen molar-refractivity contribution in [3.8, 4) is 0 Å². The first-order valence-corrected chi connectivity index (χ1v) is 9.73. The maximum Gasteiger partial charge on any atom is 0.225 e. The fourth-order valence-corrected chi connectivity index (χ4v) is 4.52. The molecule has 4 rings (SSSR count). The molecule has 0 saturated carbocycles. The molecule has 4 heteroatoms. The Morgan fingerprint density at radius 1 is 1.28 bits per heavy atom. The number of furan rings is 1. The molecule has 0 radical (unpaired) electrons. The molecule has 0 fully saturated rings. The van der Waals surface area contributed by atoms with E-state index < -0.39 is 0 Å². The normalized spacial score (nSPS) is 16.6. The monoisotopic (exact) mass is 351 g/mol. The molecular weight excluding hydrogens is 330 g/mol. The number of benzene rings is 2. The number of hydrogen-bond donors (Lipinski definition) is 1. The zero-order valence-electron chi connectivity index (χ0n) is 14.2. The van der Waals surface area contributed by atoms with Crippen LogP contribution in [0.2, 0.25) is 0 Å². The number of hydrogen-bond acceptors (Lipinski definition) is 3. The van der Waals surface area contributed by atoms with Gasteiger partial charge in [0.05, 0.1) is 18.7 Å². The van der Waals surface area contributed by atoms with Crippen molar-refractivity contribution in [3.05, 3.63) is 65.4 Å². The summed E-state index contributed by atoms with van der Waals surface area (Å²) in [6.07, 6.45) is 4.02. The van der Waals surface area contributed by atoms with Crippen molar-refractivity contribution in [2.75, 3.05) is 5.75 Å². The third-order valence-electron chi connectivity index (χ3n) is 4.77. The number of aryl methyl sites for hydroxylation is 1. The number of thioether (sulfide) groups is 1. The minimum atomic E-state index is 0.0500. The van der Waals surface area contributed by atoms with Crippen LogP contribution in [-0.4, -0.2) is 11.7 Å². The molecule has 0 bridgehead atoms. The second kappa shape index (κ2) is 6.96. The lowest BCUT2D eigenvalue weighted by Crippen LogP contribution is -2.31. The highest BCUT2D eigenvalue weighted by molar-refractivity contribution is 7.99. The maximum atomic E-state index is 12.6. The van der Waals surface area contributed by atoms with Gasteiger partial charge < -0.3 is 9.73 Å². The molecule has 2 aromatic carbocycles. The third-order valence-corrected chi connectivity index (χ3v) is 5.90. The van der Waals surface area contributed by atoms with E-state index in [1.54, 1.807) is 6.26 Å². The summed E-state index contributed by atoms with van der Waals surface area (Å²) in [4.78, 5) is 13.9. The molecule has 2 heterocycles. The Morgan fingerprint density at radius 3 is 3.04 bits per heavy atom. The topological polar surface area (TPSA) is 42.2 Å². The van der Waals surface area contributed by atoms with Crippen LogP contribution >= 0.6 is 11.8 Å². The maximum absolute atomic E-state index is 12.6. The fourth-order valence-electron chi connectivity index (χ4n) is 3.39. The van der Waals surface area contributed by atoms with E-state index in [0.29, 0.717) is 6.42 Å². The minimum absolute atomic E-state index is 0.0500. The van der Waals surface area contributed by atoms with E-state index in [0.717, 1.165) is 35.1 Å². The van der Waals surface area contributed by atoms with Gasteiger partial charge in [0.15, 0.2) is 0 Å². The van der Waals surface area contributed by atoms with Crippen LogP contribution in [0.1, 0.15) is 36.1 Å². The molecule has 128 valence electrons. The van der Waals surface area contributed by atoms with Crippen molar-refractivity contribution in [3.63, 3.8) is 0 Å². The average molecular weight is 351 g/mol. The molecule has 3 nitrogen and oxygen atoms in total. The quantitative estimate of drug-likeness (QED) is 0.727. The van der Waals surface area contributed by atoms with Crippen LogP contribution < -0.4 is 5.32 Å². The van der Waals surface area contributed by atoms with E-state index in [-0.39, 0.29) is 11.9 Å².